The molecule has 2 heterocycles. The number of amides is 2. The number of nitrogens with one attached hydrogen (secondary N) is 1. The minimum Gasteiger partial charge on any atom is -0.347 e. The van der Waals surface area contributed by atoms with Crippen LogP contribution >= 0.6 is 11.3 Å². The van der Waals surface area contributed by atoms with Gasteiger partial charge in [-0.25, -0.2) is 4.39 Å². The Bertz CT molecular complexity index is 1020. The van der Waals surface area contributed by atoms with Crippen LogP contribution in [0.4, 0.5) is 4.39 Å². The summed E-state index contributed by atoms with van der Waals surface area (Å²) in [6.07, 6.45) is 2.13. The van der Waals surface area contributed by atoms with Crippen molar-refractivity contribution in [3.8, 4) is 10.4 Å². The molecule has 2 amide bonds. The molecule has 0 bridgehead atoms. The molecule has 1 aromatic heterocycles. The molecule has 0 unspecified atom stereocenters. The molecule has 1 N–H and O–H groups in total. The lowest BCUT2D eigenvalue weighted by Gasteiger charge is -2.15. The van der Waals surface area contributed by atoms with Crippen LogP contribution in [-0.2, 0) is 6.54 Å². The summed E-state index contributed by atoms with van der Waals surface area (Å²) < 4.78 is 13.9. The number of benzene rings is 2. The molecule has 3 aromatic rings. The molecule has 29 heavy (non-hydrogen) atoms. The maximum absolute atomic E-state index is 13.9. The molecule has 2 aromatic carbocycles. The van der Waals surface area contributed by atoms with E-state index in [0.29, 0.717) is 22.5 Å². The van der Waals surface area contributed by atoms with Crippen molar-refractivity contribution in [1.82, 2.24) is 10.2 Å². The first-order valence-electron chi connectivity index (χ1n) is 9.63. The smallest absolute Gasteiger partial charge is 0.261 e. The van der Waals surface area contributed by atoms with Crippen LogP contribution < -0.4 is 5.32 Å². The van der Waals surface area contributed by atoms with Crippen LogP contribution in [0.25, 0.3) is 10.4 Å². The Morgan fingerprint density at radius 1 is 0.966 bits per heavy atom. The van der Waals surface area contributed by atoms with Gasteiger partial charge in [0.1, 0.15) is 5.82 Å². The van der Waals surface area contributed by atoms with Gasteiger partial charge in [-0.15, -0.1) is 11.3 Å². The van der Waals surface area contributed by atoms with Gasteiger partial charge in [0.25, 0.3) is 11.8 Å². The van der Waals surface area contributed by atoms with Gasteiger partial charge in [0, 0.05) is 35.6 Å². The first-order chi connectivity index (χ1) is 14.1. The number of hydrogen-bond donors (Lipinski definition) is 1. The topological polar surface area (TPSA) is 49.4 Å². The maximum Gasteiger partial charge on any atom is 0.261 e. The van der Waals surface area contributed by atoms with E-state index in [4.69, 9.17) is 0 Å². The molecule has 0 spiro atoms. The van der Waals surface area contributed by atoms with Crippen molar-refractivity contribution in [2.75, 3.05) is 13.1 Å². The predicted octanol–water partition coefficient (Wildman–Crippen LogP) is 4.72. The Morgan fingerprint density at radius 3 is 2.41 bits per heavy atom. The van der Waals surface area contributed by atoms with Gasteiger partial charge in [-0.05, 0) is 48.7 Å². The number of thiophene rings is 1. The summed E-state index contributed by atoms with van der Waals surface area (Å²) in [5.74, 6) is -0.433. The number of halogens is 1. The molecule has 1 aliphatic rings. The third-order valence-corrected chi connectivity index (χ3v) is 6.13. The van der Waals surface area contributed by atoms with E-state index in [1.807, 2.05) is 29.2 Å². The summed E-state index contributed by atoms with van der Waals surface area (Å²) >= 11 is 1.26. The second-order valence-corrected chi connectivity index (χ2v) is 8.11. The summed E-state index contributed by atoms with van der Waals surface area (Å²) in [6, 6.07) is 17.3. The monoisotopic (exact) mass is 408 g/mol. The predicted molar refractivity (Wildman–Crippen MR) is 112 cm³/mol. The highest BCUT2D eigenvalue weighted by Crippen LogP contribution is 2.30. The fourth-order valence-electron chi connectivity index (χ4n) is 3.40. The minimum absolute atomic E-state index is 0.0670. The molecule has 4 rings (SSSR count). The Hall–Kier alpha value is -2.99. The van der Waals surface area contributed by atoms with E-state index >= 15 is 0 Å². The van der Waals surface area contributed by atoms with Crippen molar-refractivity contribution in [3.63, 3.8) is 0 Å². The Balaban J connectivity index is 1.36. The highest BCUT2D eigenvalue weighted by atomic mass is 32.1. The molecule has 0 radical (unpaired) electrons. The van der Waals surface area contributed by atoms with E-state index in [-0.39, 0.29) is 17.6 Å². The average Bonchev–Trinajstić information content (AvgIpc) is 3.44. The van der Waals surface area contributed by atoms with Gasteiger partial charge in [-0.2, -0.15) is 0 Å². The lowest BCUT2D eigenvalue weighted by Crippen LogP contribution is -2.27. The quantitative estimate of drug-likeness (QED) is 0.664. The van der Waals surface area contributed by atoms with Gasteiger partial charge in [-0.1, -0.05) is 30.3 Å². The zero-order valence-electron chi connectivity index (χ0n) is 15.9. The number of carbonyl (C=O) groups is 2. The summed E-state index contributed by atoms with van der Waals surface area (Å²) in [7, 11) is 0. The van der Waals surface area contributed by atoms with Gasteiger partial charge < -0.3 is 10.2 Å². The molecule has 4 nitrogen and oxygen atoms in total. The SMILES string of the molecule is O=C(NCc1ccc(C(=O)N2CCCC2)cc1)c1ccc(-c2ccccc2F)s1. The summed E-state index contributed by atoms with van der Waals surface area (Å²) in [6.45, 7) is 2.02. The average molecular weight is 408 g/mol. The number of nitrogens with zero attached hydrogens (tertiary/aromatic N) is 1. The molecule has 1 fully saturated rings. The van der Waals surface area contributed by atoms with Crippen LogP contribution in [-0.4, -0.2) is 29.8 Å². The van der Waals surface area contributed by atoms with E-state index in [1.54, 1.807) is 30.3 Å². The molecular weight excluding hydrogens is 387 g/mol. The van der Waals surface area contributed by atoms with Crippen LogP contribution in [0.3, 0.4) is 0 Å². The summed E-state index contributed by atoms with van der Waals surface area (Å²) in [5.41, 5.74) is 2.09. The number of carbonyl (C=O) groups excluding carboxylic acids is 2. The second-order valence-electron chi connectivity index (χ2n) is 7.02. The second kappa shape index (κ2) is 8.57. The first kappa shape index (κ1) is 19.3. The number of likely N-dealkylation sites (tertiary alicyclic amines) is 1. The van der Waals surface area contributed by atoms with Crippen LogP contribution in [0.1, 0.15) is 38.4 Å². The lowest BCUT2D eigenvalue weighted by atomic mass is 10.1. The van der Waals surface area contributed by atoms with E-state index in [0.717, 1.165) is 36.4 Å². The van der Waals surface area contributed by atoms with Crippen molar-refractivity contribution in [2.45, 2.75) is 19.4 Å². The van der Waals surface area contributed by atoms with E-state index < -0.39 is 0 Å². The molecule has 148 valence electrons. The highest BCUT2D eigenvalue weighted by Gasteiger charge is 2.19. The van der Waals surface area contributed by atoms with Crippen molar-refractivity contribution in [2.24, 2.45) is 0 Å². The van der Waals surface area contributed by atoms with Crippen molar-refractivity contribution >= 4 is 23.2 Å². The molecular formula is C23H21FN2O2S. The molecule has 0 aliphatic carbocycles. The van der Waals surface area contributed by atoms with Gasteiger partial charge in [0.15, 0.2) is 0 Å². The fraction of sp³-hybridized carbons (Fsp3) is 0.217. The molecule has 1 aliphatic heterocycles. The maximum atomic E-state index is 13.9. The Morgan fingerprint density at radius 2 is 1.69 bits per heavy atom. The highest BCUT2D eigenvalue weighted by molar-refractivity contribution is 7.17. The van der Waals surface area contributed by atoms with Gasteiger partial charge in [0.2, 0.25) is 0 Å². The third kappa shape index (κ3) is 4.38. The molecule has 0 saturated carbocycles. The molecule has 6 heteroatoms. The van der Waals surface area contributed by atoms with Gasteiger partial charge >= 0.3 is 0 Å². The van der Waals surface area contributed by atoms with Gasteiger partial charge in [0.05, 0.1) is 4.88 Å². The fourth-order valence-corrected chi connectivity index (χ4v) is 4.35. The van der Waals surface area contributed by atoms with Crippen LogP contribution in [0.5, 0.6) is 0 Å². The summed E-state index contributed by atoms with van der Waals surface area (Å²) in [4.78, 5) is 28.0. The normalized spacial score (nSPS) is 13.5. The Kier molecular flexibility index (Phi) is 5.71. The Labute approximate surface area is 173 Å². The first-order valence-corrected chi connectivity index (χ1v) is 10.4. The standard InChI is InChI=1S/C23H21FN2O2S/c24-19-6-2-1-5-18(19)20-11-12-21(29-20)22(27)25-15-16-7-9-17(10-8-16)23(28)26-13-3-4-14-26/h1-2,5-12H,3-4,13-15H2,(H,25,27). The minimum atomic E-state index is -0.301. The lowest BCUT2D eigenvalue weighted by molar-refractivity contribution is 0.0792. The number of hydrogen-bond acceptors (Lipinski definition) is 3. The zero-order chi connectivity index (χ0) is 20.2. The molecule has 0 atom stereocenters. The van der Waals surface area contributed by atoms with Crippen molar-refractivity contribution < 1.29 is 14.0 Å². The summed E-state index contributed by atoms with van der Waals surface area (Å²) in [5, 5.41) is 2.88. The van der Waals surface area contributed by atoms with Crippen LogP contribution in [0.2, 0.25) is 0 Å². The zero-order valence-corrected chi connectivity index (χ0v) is 16.7. The van der Waals surface area contributed by atoms with Crippen molar-refractivity contribution in [1.29, 1.82) is 0 Å². The van der Waals surface area contributed by atoms with E-state index in [9.17, 15) is 14.0 Å². The number of rotatable bonds is 5. The van der Waals surface area contributed by atoms with Crippen LogP contribution in [0, 0.1) is 5.82 Å². The van der Waals surface area contributed by atoms with E-state index in [1.165, 1.54) is 17.4 Å². The van der Waals surface area contributed by atoms with E-state index in [2.05, 4.69) is 5.32 Å². The molecule has 1 saturated heterocycles. The third-order valence-electron chi connectivity index (χ3n) is 5.02. The largest absolute Gasteiger partial charge is 0.347 e. The van der Waals surface area contributed by atoms with Crippen molar-refractivity contribution in [3.05, 3.63) is 82.5 Å². The van der Waals surface area contributed by atoms with Crippen LogP contribution in [0.15, 0.2) is 60.7 Å². The van der Waals surface area contributed by atoms with Gasteiger partial charge in [-0.3, -0.25) is 9.59 Å².